The van der Waals surface area contributed by atoms with Gasteiger partial charge in [0.25, 0.3) is 0 Å². The highest BCUT2D eigenvalue weighted by molar-refractivity contribution is 5.15. The van der Waals surface area contributed by atoms with Gasteiger partial charge in [-0.05, 0) is 50.9 Å². The molecule has 0 amide bonds. The molecular weight excluding hydrogens is 212 g/mol. The first-order chi connectivity index (χ1) is 7.87. The van der Waals surface area contributed by atoms with Crippen molar-refractivity contribution in [2.75, 3.05) is 6.61 Å². The number of rotatable bonds is 2. The van der Waals surface area contributed by atoms with E-state index in [0.29, 0.717) is 0 Å². The standard InChI is InChI=1S/C15H26O2/c1-12-5-9-13(2,10-6-12)14(3)7-4-8-15(14,17)11-16/h5,16-17H,4,6-11H2,1-3H3/t13-,14-,15-/m1/s1. The molecule has 2 rings (SSSR count). The molecule has 0 aromatic rings. The highest BCUT2D eigenvalue weighted by atomic mass is 16.3. The second-order valence-electron chi connectivity index (χ2n) is 6.69. The van der Waals surface area contributed by atoms with Crippen molar-refractivity contribution in [3.05, 3.63) is 11.6 Å². The Labute approximate surface area is 105 Å². The predicted octanol–water partition coefficient (Wildman–Crippen LogP) is 3.04. The van der Waals surface area contributed by atoms with Crippen LogP contribution in [0.15, 0.2) is 11.6 Å². The SMILES string of the molecule is CC1=CC[C@@](C)([C@@]2(C)CCC[C@@]2(O)CO)CC1. The lowest BCUT2D eigenvalue weighted by Crippen LogP contribution is -2.54. The van der Waals surface area contributed by atoms with E-state index in [-0.39, 0.29) is 17.4 Å². The Balaban J connectivity index is 2.32. The van der Waals surface area contributed by atoms with Crippen molar-refractivity contribution < 1.29 is 10.2 Å². The maximum Gasteiger partial charge on any atom is 0.0935 e. The molecule has 0 saturated heterocycles. The molecule has 0 aromatic carbocycles. The van der Waals surface area contributed by atoms with E-state index in [1.807, 2.05) is 0 Å². The van der Waals surface area contributed by atoms with Crippen molar-refractivity contribution in [2.45, 2.75) is 64.9 Å². The molecule has 0 radical (unpaired) electrons. The van der Waals surface area contributed by atoms with Gasteiger partial charge >= 0.3 is 0 Å². The van der Waals surface area contributed by atoms with Crippen LogP contribution in [-0.2, 0) is 0 Å². The molecule has 1 saturated carbocycles. The molecule has 3 atom stereocenters. The third kappa shape index (κ3) is 1.77. The Morgan fingerprint density at radius 2 is 1.94 bits per heavy atom. The highest BCUT2D eigenvalue weighted by Crippen LogP contribution is 2.61. The van der Waals surface area contributed by atoms with E-state index in [4.69, 9.17) is 0 Å². The van der Waals surface area contributed by atoms with Gasteiger partial charge < -0.3 is 10.2 Å². The van der Waals surface area contributed by atoms with Crippen molar-refractivity contribution in [2.24, 2.45) is 10.8 Å². The van der Waals surface area contributed by atoms with Crippen LogP contribution in [-0.4, -0.2) is 22.4 Å². The summed E-state index contributed by atoms with van der Waals surface area (Å²) < 4.78 is 0. The lowest BCUT2D eigenvalue weighted by Gasteiger charge is -2.53. The fourth-order valence-corrected chi connectivity index (χ4v) is 3.94. The fraction of sp³-hybridized carbons (Fsp3) is 0.867. The topological polar surface area (TPSA) is 40.5 Å². The first-order valence-corrected chi connectivity index (χ1v) is 6.86. The van der Waals surface area contributed by atoms with Gasteiger partial charge in [-0.2, -0.15) is 0 Å². The van der Waals surface area contributed by atoms with Gasteiger partial charge in [-0.15, -0.1) is 0 Å². The lowest BCUT2D eigenvalue weighted by molar-refractivity contribution is -0.146. The molecule has 0 heterocycles. The summed E-state index contributed by atoms with van der Waals surface area (Å²) in [5.74, 6) is 0. The van der Waals surface area contributed by atoms with Crippen LogP contribution in [0.1, 0.15) is 59.3 Å². The molecule has 0 bridgehead atoms. The molecule has 0 unspecified atom stereocenters. The van der Waals surface area contributed by atoms with Crippen LogP contribution in [0, 0.1) is 10.8 Å². The average Bonchev–Trinajstić information content (AvgIpc) is 2.62. The zero-order valence-corrected chi connectivity index (χ0v) is 11.4. The summed E-state index contributed by atoms with van der Waals surface area (Å²) in [6.45, 7) is 6.57. The fourth-order valence-electron chi connectivity index (χ4n) is 3.94. The minimum absolute atomic E-state index is 0.0954. The van der Waals surface area contributed by atoms with Crippen molar-refractivity contribution in [3.8, 4) is 0 Å². The summed E-state index contributed by atoms with van der Waals surface area (Å²) in [5, 5.41) is 20.3. The summed E-state index contributed by atoms with van der Waals surface area (Å²) >= 11 is 0. The normalized spacial score (nSPS) is 47.0. The summed E-state index contributed by atoms with van der Waals surface area (Å²) in [4.78, 5) is 0. The van der Waals surface area contributed by atoms with Gasteiger partial charge in [-0.25, -0.2) is 0 Å². The van der Waals surface area contributed by atoms with Crippen molar-refractivity contribution in [3.63, 3.8) is 0 Å². The van der Waals surface area contributed by atoms with Crippen LogP contribution < -0.4 is 0 Å². The summed E-state index contributed by atoms with van der Waals surface area (Å²) in [7, 11) is 0. The number of hydrogen-bond acceptors (Lipinski definition) is 2. The largest absolute Gasteiger partial charge is 0.393 e. The molecule has 2 heteroatoms. The molecule has 2 nitrogen and oxygen atoms in total. The van der Waals surface area contributed by atoms with Gasteiger partial charge in [-0.1, -0.05) is 25.5 Å². The predicted molar refractivity (Wildman–Crippen MR) is 69.7 cm³/mol. The van der Waals surface area contributed by atoms with Gasteiger partial charge in [0, 0.05) is 5.41 Å². The molecule has 0 aromatic heterocycles. The number of aliphatic hydroxyl groups is 2. The molecule has 2 aliphatic carbocycles. The van der Waals surface area contributed by atoms with E-state index in [9.17, 15) is 10.2 Å². The molecule has 0 aliphatic heterocycles. The highest BCUT2D eigenvalue weighted by Gasteiger charge is 2.59. The second kappa shape index (κ2) is 4.10. The zero-order valence-electron chi connectivity index (χ0n) is 11.4. The van der Waals surface area contributed by atoms with E-state index in [1.165, 1.54) is 5.57 Å². The van der Waals surface area contributed by atoms with Crippen LogP contribution >= 0.6 is 0 Å². The van der Waals surface area contributed by atoms with Crippen LogP contribution in [0.3, 0.4) is 0 Å². The number of hydrogen-bond donors (Lipinski definition) is 2. The maximum atomic E-state index is 10.7. The molecule has 2 N–H and O–H groups in total. The Morgan fingerprint density at radius 3 is 2.47 bits per heavy atom. The Hall–Kier alpha value is -0.340. The molecule has 1 fully saturated rings. The molecule has 98 valence electrons. The second-order valence-corrected chi connectivity index (χ2v) is 6.69. The van der Waals surface area contributed by atoms with Gasteiger partial charge in [0.05, 0.1) is 12.2 Å². The van der Waals surface area contributed by atoms with E-state index < -0.39 is 5.60 Å². The Kier molecular flexibility index (Phi) is 3.16. The maximum absolute atomic E-state index is 10.7. The molecular formula is C15H26O2. The zero-order chi connectivity index (χ0) is 12.7. The van der Waals surface area contributed by atoms with Crippen molar-refractivity contribution in [1.29, 1.82) is 0 Å². The Bertz CT molecular complexity index is 336. The van der Waals surface area contributed by atoms with Gasteiger partial charge in [-0.3, -0.25) is 0 Å². The monoisotopic (exact) mass is 238 g/mol. The molecule has 0 spiro atoms. The van der Waals surface area contributed by atoms with Gasteiger partial charge in [0.15, 0.2) is 0 Å². The van der Waals surface area contributed by atoms with Crippen LogP contribution in [0.4, 0.5) is 0 Å². The smallest absolute Gasteiger partial charge is 0.0935 e. The van der Waals surface area contributed by atoms with E-state index in [2.05, 4.69) is 26.8 Å². The van der Waals surface area contributed by atoms with E-state index in [1.54, 1.807) is 0 Å². The third-order valence-electron chi connectivity index (χ3n) is 5.86. The minimum Gasteiger partial charge on any atom is -0.393 e. The van der Waals surface area contributed by atoms with Crippen LogP contribution in [0.25, 0.3) is 0 Å². The number of allylic oxidation sites excluding steroid dienone is 2. The minimum atomic E-state index is -0.874. The van der Waals surface area contributed by atoms with Crippen LogP contribution in [0.2, 0.25) is 0 Å². The molecule has 2 aliphatic rings. The van der Waals surface area contributed by atoms with Crippen molar-refractivity contribution in [1.82, 2.24) is 0 Å². The quantitative estimate of drug-likeness (QED) is 0.726. The van der Waals surface area contributed by atoms with Gasteiger partial charge in [0.1, 0.15) is 0 Å². The third-order valence-corrected chi connectivity index (χ3v) is 5.86. The summed E-state index contributed by atoms with van der Waals surface area (Å²) in [5.41, 5.74) is 0.574. The lowest BCUT2D eigenvalue weighted by atomic mass is 9.54. The molecule has 17 heavy (non-hydrogen) atoms. The first-order valence-electron chi connectivity index (χ1n) is 6.86. The van der Waals surface area contributed by atoms with Crippen molar-refractivity contribution >= 4 is 0 Å². The average molecular weight is 238 g/mol. The van der Waals surface area contributed by atoms with Gasteiger partial charge in [0.2, 0.25) is 0 Å². The Morgan fingerprint density at radius 1 is 1.24 bits per heavy atom. The van der Waals surface area contributed by atoms with E-state index in [0.717, 1.165) is 38.5 Å². The van der Waals surface area contributed by atoms with Crippen LogP contribution in [0.5, 0.6) is 0 Å². The summed E-state index contributed by atoms with van der Waals surface area (Å²) in [6, 6.07) is 0. The van der Waals surface area contributed by atoms with E-state index >= 15 is 0 Å². The first kappa shape index (κ1) is 13.1. The summed E-state index contributed by atoms with van der Waals surface area (Å²) in [6.07, 6.45) is 8.45. The number of aliphatic hydroxyl groups excluding tert-OH is 1.